The van der Waals surface area contributed by atoms with Gasteiger partial charge in [0.25, 0.3) is 0 Å². The van der Waals surface area contributed by atoms with Gasteiger partial charge in [-0.1, -0.05) is 6.07 Å². The number of aryl methyl sites for hydroxylation is 1. The molecule has 1 aromatic heterocycles. The molecule has 0 aliphatic carbocycles. The van der Waals surface area contributed by atoms with Crippen LogP contribution in [0.25, 0.3) is 11.0 Å². The molecule has 152 valence electrons. The van der Waals surface area contributed by atoms with Crippen LogP contribution in [0.1, 0.15) is 5.56 Å². The van der Waals surface area contributed by atoms with Crippen LogP contribution in [0.5, 0.6) is 11.5 Å². The number of nitrogens with zero attached hydrogens (tertiary/aromatic N) is 3. The lowest BCUT2D eigenvalue weighted by Gasteiger charge is -2.34. The van der Waals surface area contributed by atoms with Crippen LogP contribution in [0.15, 0.2) is 36.4 Å². The third-order valence-electron chi connectivity index (χ3n) is 5.09. The minimum absolute atomic E-state index is 0.139. The minimum atomic E-state index is -0.139. The highest BCUT2D eigenvalue weighted by Crippen LogP contribution is 2.26. The summed E-state index contributed by atoms with van der Waals surface area (Å²) in [6, 6.07) is 11.3. The van der Waals surface area contributed by atoms with Crippen molar-refractivity contribution in [3.8, 4) is 11.5 Å². The molecule has 0 atom stereocenters. The van der Waals surface area contributed by atoms with Gasteiger partial charge in [0.2, 0.25) is 5.95 Å². The number of nitrogens with one attached hydrogen (secondary N) is 2. The molecule has 2 heterocycles. The van der Waals surface area contributed by atoms with E-state index in [1.807, 2.05) is 6.07 Å². The zero-order valence-corrected chi connectivity index (χ0v) is 16.9. The van der Waals surface area contributed by atoms with E-state index in [9.17, 15) is 4.79 Å². The third kappa shape index (κ3) is 4.06. The first-order valence-electron chi connectivity index (χ1n) is 9.56. The van der Waals surface area contributed by atoms with E-state index in [1.54, 1.807) is 37.3 Å². The van der Waals surface area contributed by atoms with Crippen molar-refractivity contribution in [2.75, 3.05) is 50.6 Å². The number of hydrogen-bond donors (Lipinski definition) is 2. The zero-order chi connectivity index (χ0) is 20.4. The SMILES string of the molecule is COc1cc(NC(=O)N2CCN(c3nc4ccc(C)cc4[nH]3)CC2)cc(OC)c1. The van der Waals surface area contributed by atoms with Crippen LogP contribution in [0.2, 0.25) is 0 Å². The highest BCUT2D eigenvalue weighted by molar-refractivity contribution is 5.90. The summed E-state index contributed by atoms with van der Waals surface area (Å²) >= 11 is 0. The van der Waals surface area contributed by atoms with Crippen LogP contribution < -0.4 is 19.7 Å². The van der Waals surface area contributed by atoms with Crippen molar-refractivity contribution < 1.29 is 14.3 Å². The second-order valence-electron chi connectivity index (χ2n) is 7.09. The quantitative estimate of drug-likeness (QED) is 0.709. The monoisotopic (exact) mass is 395 g/mol. The molecule has 2 aromatic carbocycles. The number of carbonyl (C=O) groups excluding carboxylic acids is 1. The number of anilines is 2. The van der Waals surface area contributed by atoms with Crippen LogP contribution in [-0.2, 0) is 0 Å². The summed E-state index contributed by atoms with van der Waals surface area (Å²) in [5, 5.41) is 2.93. The fourth-order valence-electron chi connectivity index (χ4n) is 3.46. The van der Waals surface area contributed by atoms with E-state index >= 15 is 0 Å². The van der Waals surface area contributed by atoms with Gasteiger partial charge < -0.3 is 29.6 Å². The van der Waals surface area contributed by atoms with E-state index in [2.05, 4.69) is 39.2 Å². The standard InChI is InChI=1S/C21H25N5O3/c1-14-4-5-18-19(10-14)24-20(23-18)25-6-8-26(9-7-25)21(27)22-15-11-16(28-2)13-17(12-15)29-3/h4-5,10-13H,6-9H2,1-3H3,(H,22,27)(H,23,24). The molecule has 0 bridgehead atoms. The number of aromatic nitrogens is 2. The van der Waals surface area contributed by atoms with Gasteiger partial charge in [-0.25, -0.2) is 9.78 Å². The number of H-pyrrole nitrogens is 1. The lowest BCUT2D eigenvalue weighted by Crippen LogP contribution is -2.50. The normalized spacial score (nSPS) is 14.2. The van der Waals surface area contributed by atoms with Gasteiger partial charge in [0, 0.05) is 50.1 Å². The topological polar surface area (TPSA) is 82.7 Å². The molecule has 1 aliphatic rings. The first kappa shape index (κ1) is 18.9. The molecule has 2 N–H and O–H groups in total. The van der Waals surface area contributed by atoms with Crippen molar-refractivity contribution in [1.29, 1.82) is 0 Å². The second kappa shape index (κ2) is 7.90. The van der Waals surface area contributed by atoms with Crippen molar-refractivity contribution in [3.63, 3.8) is 0 Å². The van der Waals surface area contributed by atoms with Gasteiger partial charge in [-0.15, -0.1) is 0 Å². The van der Waals surface area contributed by atoms with Crippen molar-refractivity contribution in [1.82, 2.24) is 14.9 Å². The molecule has 0 spiro atoms. The van der Waals surface area contributed by atoms with Gasteiger partial charge in [-0.2, -0.15) is 0 Å². The van der Waals surface area contributed by atoms with E-state index in [4.69, 9.17) is 9.47 Å². The fourth-order valence-corrected chi connectivity index (χ4v) is 3.46. The summed E-state index contributed by atoms with van der Waals surface area (Å²) in [4.78, 5) is 24.7. The molecule has 29 heavy (non-hydrogen) atoms. The van der Waals surface area contributed by atoms with Crippen LogP contribution in [0.3, 0.4) is 0 Å². The summed E-state index contributed by atoms with van der Waals surface area (Å²) in [6.07, 6.45) is 0. The number of methoxy groups -OCH3 is 2. The number of ether oxygens (including phenoxy) is 2. The van der Waals surface area contributed by atoms with Crippen molar-refractivity contribution in [2.24, 2.45) is 0 Å². The highest BCUT2D eigenvalue weighted by Gasteiger charge is 2.23. The highest BCUT2D eigenvalue weighted by atomic mass is 16.5. The molecule has 0 saturated carbocycles. The number of amides is 2. The number of piperazine rings is 1. The Morgan fingerprint density at radius 2 is 1.72 bits per heavy atom. The fraction of sp³-hybridized carbons (Fsp3) is 0.333. The van der Waals surface area contributed by atoms with Gasteiger partial charge in [0.05, 0.1) is 25.3 Å². The second-order valence-corrected chi connectivity index (χ2v) is 7.09. The Bertz CT molecular complexity index is 1000. The van der Waals surface area contributed by atoms with Gasteiger partial charge in [0.1, 0.15) is 11.5 Å². The third-order valence-corrected chi connectivity index (χ3v) is 5.09. The number of carbonyl (C=O) groups is 1. The Morgan fingerprint density at radius 3 is 2.38 bits per heavy atom. The average molecular weight is 395 g/mol. The summed E-state index contributed by atoms with van der Waals surface area (Å²) in [7, 11) is 3.16. The van der Waals surface area contributed by atoms with Crippen molar-refractivity contribution >= 4 is 28.7 Å². The minimum Gasteiger partial charge on any atom is -0.497 e. The molecular formula is C21H25N5O3. The molecule has 2 amide bonds. The summed E-state index contributed by atoms with van der Waals surface area (Å²) < 4.78 is 10.5. The van der Waals surface area contributed by atoms with Gasteiger partial charge in [0.15, 0.2) is 0 Å². The number of benzene rings is 2. The molecule has 1 aliphatic heterocycles. The molecule has 8 heteroatoms. The largest absolute Gasteiger partial charge is 0.497 e. The molecule has 0 radical (unpaired) electrons. The molecule has 0 unspecified atom stereocenters. The Kier molecular flexibility index (Phi) is 5.16. The van der Waals surface area contributed by atoms with Crippen LogP contribution >= 0.6 is 0 Å². The van der Waals surface area contributed by atoms with E-state index < -0.39 is 0 Å². The number of fused-ring (bicyclic) bond motifs is 1. The van der Waals surface area contributed by atoms with Crippen molar-refractivity contribution in [3.05, 3.63) is 42.0 Å². The Labute approximate surface area is 169 Å². The zero-order valence-electron chi connectivity index (χ0n) is 16.9. The Balaban J connectivity index is 1.39. The summed E-state index contributed by atoms with van der Waals surface area (Å²) in [6.45, 7) is 4.72. The van der Waals surface area contributed by atoms with Crippen LogP contribution in [-0.4, -0.2) is 61.3 Å². The summed E-state index contributed by atoms with van der Waals surface area (Å²) in [5.74, 6) is 2.11. The maximum absolute atomic E-state index is 12.7. The number of aromatic amines is 1. The maximum atomic E-state index is 12.7. The van der Waals surface area contributed by atoms with Crippen LogP contribution in [0.4, 0.5) is 16.4 Å². The first-order chi connectivity index (χ1) is 14.1. The predicted molar refractivity (Wildman–Crippen MR) is 113 cm³/mol. The molecule has 8 nitrogen and oxygen atoms in total. The Hall–Kier alpha value is -3.42. The van der Waals surface area contributed by atoms with E-state index in [0.717, 1.165) is 17.0 Å². The average Bonchev–Trinajstić information content (AvgIpc) is 3.16. The van der Waals surface area contributed by atoms with E-state index in [0.29, 0.717) is 43.4 Å². The van der Waals surface area contributed by atoms with Gasteiger partial charge in [-0.3, -0.25) is 0 Å². The maximum Gasteiger partial charge on any atom is 0.321 e. The lowest BCUT2D eigenvalue weighted by molar-refractivity contribution is 0.208. The molecule has 1 saturated heterocycles. The lowest BCUT2D eigenvalue weighted by atomic mass is 10.2. The van der Waals surface area contributed by atoms with E-state index in [-0.39, 0.29) is 6.03 Å². The summed E-state index contributed by atoms with van der Waals surface area (Å²) in [5.41, 5.74) is 3.83. The van der Waals surface area contributed by atoms with Crippen molar-refractivity contribution in [2.45, 2.75) is 6.92 Å². The van der Waals surface area contributed by atoms with Gasteiger partial charge in [-0.05, 0) is 24.6 Å². The Morgan fingerprint density at radius 1 is 1.03 bits per heavy atom. The molecule has 3 aromatic rings. The van der Waals surface area contributed by atoms with Gasteiger partial charge >= 0.3 is 6.03 Å². The van der Waals surface area contributed by atoms with E-state index in [1.165, 1.54) is 5.56 Å². The number of urea groups is 1. The smallest absolute Gasteiger partial charge is 0.321 e. The first-order valence-corrected chi connectivity index (χ1v) is 9.56. The number of hydrogen-bond acceptors (Lipinski definition) is 5. The predicted octanol–water partition coefficient (Wildman–Crippen LogP) is 3.24. The number of rotatable bonds is 4. The molecule has 1 fully saturated rings. The number of imidazole rings is 1. The molecular weight excluding hydrogens is 370 g/mol. The molecule has 4 rings (SSSR count). The van der Waals surface area contributed by atoms with Crippen LogP contribution in [0, 0.1) is 6.92 Å².